The lowest BCUT2D eigenvalue weighted by Crippen LogP contribution is -2.41. The van der Waals surface area contributed by atoms with Crippen LogP contribution in [0.1, 0.15) is 19.7 Å². The van der Waals surface area contributed by atoms with Crippen LogP contribution in [-0.2, 0) is 13.5 Å². The van der Waals surface area contributed by atoms with E-state index in [0.717, 1.165) is 16.8 Å². The molecule has 1 fully saturated rings. The highest BCUT2D eigenvalue weighted by molar-refractivity contribution is 8.07. The van der Waals surface area contributed by atoms with Crippen LogP contribution in [0.3, 0.4) is 0 Å². The SMILES string of the molecule is CC1SCC(C(N)Cc2nnn(C)n2)SC1C. The minimum Gasteiger partial charge on any atom is -0.326 e. The molecule has 0 bridgehead atoms. The maximum absolute atomic E-state index is 6.25. The molecule has 0 spiro atoms. The van der Waals surface area contributed by atoms with Gasteiger partial charge in [-0.1, -0.05) is 13.8 Å². The summed E-state index contributed by atoms with van der Waals surface area (Å²) in [5, 5.41) is 13.9. The van der Waals surface area contributed by atoms with Gasteiger partial charge in [0, 0.05) is 34.0 Å². The molecule has 0 aromatic carbocycles. The first-order valence-corrected chi connectivity index (χ1v) is 7.81. The molecule has 1 aromatic rings. The Hall–Kier alpha value is -0.270. The molecule has 1 saturated heterocycles. The molecule has 0 aliphatic carbocycles. The van der Waals surface area contributed by atoms with Gasteiger partial charge in [-0.2, -0.15) is 28.3 Å². The highest BCUT2D eigenvalue weighted by atomic mass is 32.2. The van der Waals surface area contributed by atoms with Crippen LogP contribution in [0.4, 0.5) is 0 Å². The van der Waals surface area contributed by atoms with Gasteiger partial charge in [-0.3, -0.25) is 0 Å². The van der Waals surface area contributed by atoms with E-state index in [-0.39, 0.29) is 6.04 Å². The number of thioether (sulfide) groups is 2. The standard InChI is InChI=1S/C10H19N5S2/c1-6-7(2)17-9(5-16-6)8(11)4-10-12-14-15(3)13-10/h6-9H,4-5,11H2,1-3H3. The molecule has 1 aromatic heterocycles. The molecule has 4 unspecified atom stereocenters. The van der Waals surface area contributed by atoms with E-state index < -0.39 is 0 Å². The molecule has 96 valence electrons. The minimum atomic E-state index is 0.117. The van der Waals surface area contributed by atoms with Gasteiger partial charge >= 0.3 is 0 Å². The summed E-state index contributed by atoms with van der Waals surface area (Å²) >= 11 is 4.02. The average Bonchev–Trinajstić information content (AvgIpc) is 2.68. The van der Waals surface area contributed by atoms with Gasteiger partial charge in [-0.05, 0) is 5.21 Å². The van der Waals surface area contributed by atoms with Gasteiger partial charge < -0.3 is 5.73 Å². The summed E-state index contributed by atoms with van der Waals surface area (Å²) < 4.78 is 0. The van der Waals surface area contributed by atoms with E-state index in [0.29, 0.717) is 16.9 Å². The fourth-order valence-electron chi connectivity index (χ4n) is 1.78. The zero-order valence-corrected chi connectivity index (χ0v) is 12.0. The Morgan fingerprint density at radius 2 is 2.24 bits per heavy atom. The van der Waals surface area contributed by atoms with Gasteiger partial charge in [-0.25, -0.2) is 0 Å². The normalized spacial score (nSPS) is 31.4. The van der Waals surface area contributed by atoms with Crippen molar-refractivity contribution in [3.8, 4) is 0 Å². The number of aryl methyl sites for hydroxylation is 1. The van der Waals surface area contributed by atoms with Gasteiger partial charge in [0.15, 0.2) is 5.82 Å². The number of nitrogens with zero attached hydrogens (tertiary/aromatic N) is 4. The number of aromatic nitrogens is 4. The molecule has 4 atom stereocenters. The van der Waals surface area contributed by atoms with Gasteiger partial charge in [0.05, 0.1) is 7.05 Å². The predicted octanol–water partition coefficient (Wildman–Crippen LogP) is 0.705. The third kappa shape index (κ3) is 3.35. The topological polar surface area (TPSA) is 69.6 Å². The first-order chi connectivity index (χ1) is 8.06. The molecule has 2 rings (SSSR count). The van der Waals surface area contributed by atoms with Gasteiger partial charge in [0.25, 0.3) is 0 Å². The first kappa shape index (κ1) is 13.2. The maximum atomic E-state index is 6.25. The predicted molar refractivity (Wildman–Crippen MR) is 73.2 cm³/mol. The van der Waals surface area contributed by atoms with E-state index in [1.54, 1.807) is 7.05 Å². The summed E-state index contributed by atoms with van der Waals surface area (Å²) in [5.74, 6) is 1.87. The van der Waals surface area contributed by atoms with Crippen molar-refractivity contribution < 1.29 is 0 Å². The van der Waals surface area contributed by atoms with Crippen molar-refractivity contribution in [2.75, 3.05) is 5.75 Å². The minimum absolute atomic E-state index is 0.117. The summed E-state index contributed by atoms with van der Waals surface area (Å²) in [6.45, 7) is 4.57. The van der Waals surface area contributed by atoms with Crippen molar-refractivity contribution >= 4 is 23.5 Å². The fourth-order valence-corrected chi connectivity index (χ4v) is 4.84. The second-order valence-corrected chi connectivity index (χ2v) is 7.51. The van der Waals surface area contributed by atoms with Crippen molar-refractivity contribution in [1.82, 2.24) is 20.2 Å². The molecule has 17 heavy (non-hydrogen) atoms. The van der Waals surface area contributed by atoms with Crippen LogP contribution in [0.25, 0.3) is 0 Å². The zero-order valence-electron chi connectivity index (χ0n) is 10.4. The summed E-state index contributed by atoms with van der Waals surface area (Å²) in [6.07, 6.45) is 0.715. The summed E-state index contributed by atoms with van der Waals surface area (Å²) in [6, 6.07) is 0.117. The summed E-state index contributed by atoms with van der Waals surface area (Å²) in [5.41, 5.74) is 6.25. The Bertz CT molecular complexity index is 369. The van der Waals surface area contributed by atoms with Gasteiger partial charge in [-0.15, -0.1) is 10.2 Å². The van der Waals surface area contributed by atoms with Crippen molar-refractivity contribution in [3.63, 3.8) is 0 Å². The van der Waals surface area contributed by atoms with Crippen LogP contribution in [0.5, 0.6) is 0 Å². The first-order valence-electron chi connectivity index (χ1n) is 5.81. The van der Waals surface area contributed by atoms with E-state index >= 15 is 0 Å². The Kier molecular flexibility index (Phi) is 4.32. The van der Waals surface area contributed by atoms with E-state index in [9.17, 15) is 0 Å². The molecular weight excluding hydrogens is 254 g/mol. The van der Waals surface area contributed by atoms with Crippen LogP contribution >= 0.6 is 23.5 Å². The maximum Gasteiger partial charge on any atom is 0.176 e. The lowest BCUT2D eigenvalue weighted by molar-refractivity contribution is 0.613. The van der Waals surface area contributed by atoms with Crippen molar-refractivity contribution in [1.29, 1.82) is 0 Å². The van der Waals surface area contributed by atoms with Crippen molar-refractivity contribution in [2.24, 2.45) is 12.8 Å². The molecule has 1 aliphatic heterocycles. The highest BCUT2D eigenvalue weighted by Gasteiger charge is 2.30. The summed E-state index contributed by atoms with van der Waals surface area (Å²) in [4.78, 5) is 1.48. The fraction of sp³-hybridized carbons (Fsp3) is 0.900. The largest absolute Gasteiger partial charge is 0.326 e. The van der Waals surface area contributed by atoms with Crippen LogP contribution < -0.4 is 5.73 Å². The van der Waals surface area contributed by atoms with Crippen molar-refractivity contribution in [3.05, 3.63) is 5.82 Å². The Morgan fingerprint density at radius 3 is 2.82 bits per heavy atom. The number of hydrogen-bond donors (Lipinski definition) is 1. The molecule has 7 heteroatoms. The third-order valence-corrected chi connectivity index (χ3v) is 6.59. The number of nitrogens with two attached hydrogens (primary N) is 1. The van der Waals surface area contributed by atoms with Crippen LogP contribution in [0.15, 0.2) is 0 Å². The molecule has 1 aliphatic rings. The van der Waals surface area contributed by atoms with Crippen LogP contribution in [0, 0.1) is 0 Å². The van der Waals surface area contributed by atoms with Gasteiger partial charge in [0.1, 0.15) is 0 Å². The van der Waals surface area contributed by atoms with E-state index in [4.69, 9.17) is 5.73 Å². The number of hydrogen-bond acceptors (Lipinski definition) is 6. The summed E-state index contributed by atoms with van der Waals surface area (Å²) in [7, 11) is 1.77. The van der Waals surface area contributed by atoms with Crippen LogP contribution in [-0.4, -0.2) is 47.8 Å². The Balaban J connectivity index is 1.90. The third-order valence-electron chi connectivity index (χ3n) is 3.02. The second-order valence-electron chi connectivity index (χ2n) is 4.48. The number of rotatable bonds is 3. The smallest absolute Gasteiger partial charge is 0.176 e. The molecule has 2 N–H and O–H groups in total. The molecular formula is C10H19N5S2. The van der Waals surface area contributed by atoms with E-state index in [2.05, 4.69) is 29.3 Å². The second kappa shape index (κ2) is 5.58. The van der Waals surface area contributed by atoms with Gasteiger partial charge in [0.2, 0.25) is 0 Å². The van der Waals surface area contributed by atoms with Crippen molar-refractivity contribution in [2.45, 2.75) is 42.1 Å². The Labute approximate surface area is 110 Å². The highest BCUT2D eigenvalue weighted by Crippen LogP contribution is 2.36. The zero-order chi connectivity index (χ0) is 12.4. The lowest BCUT2D eigenvalue weighted by Gasteiger charge is -2.34. The molecule has 0 saturated carbocycles. The molecule has 0 amide bonds. The molecule has 0 radical (unpaired) electrons. The quantitative estimate of drug-likeness (QED) is 0.874. The lowest BCUT2D eigenvalue weighted by atomic mass is 10.1. The van der Waals surface area contributed by atoms with E-state index in [1.165, 1.54) is 4.80 Å². The van der Waals surface area contributed by atoms with E-state index in [1.807, 2.05) is 23.5 Å². The molecule has 2 heterocycles. The average molecular weight is 273 g/mol. The number of tetrazole rings is 1. The Morgan fingerprint density at radius 1 is 1.47 bits per heavy atom. The molecule has 5 nitrogen and oxygen atoms in total. The van der Waals surface area contributed by atoms with Crippen LogP contribution in [0.2, 0.25) is 0 Å². The monoisotopic (exact) mass is 273 g/mol.